The largest absolute Gasteiger partial charge is 0.379 e. The van der Waals surface area contributed by atoms with Gasteiger partial charge in [-0.15, -0.1) is 35.9 Å². The molecule has 24 heavy (non-hydrogen) atoms. The van der Waals surface area contributed by atoms with E-state index in [0.717, 1.165) is 0 Å². The maximum absolute atomic E-state index is 12.1. The maximum Gasteiger partial charge on any atom is 0.244 e. The summed E-state index contributed by atoms with van der Waals surface area (Å²) in [5.74, 6) is -0.618. The van der Waals surface area contributed by atoms with Gasteiger partial charge in [-0.3, -0.25) is 4.79 Å². The van der Waals surface area contributed by atoms with Gasteiger partial charge in [-0.2, -0.15) is 30.3 Å². The van der Waals surface area contributed by atoms with E-state index in [2.05, 4.69) is 22.8 Å². The van der Waals surface area contributed by atoms with E-state index in [1.54, 1.807) is 48.5 Å². The Morgan fingerprint density at radius 3 is 2.08 bits per heavy atom. The van der Waals surface area contributed by atoms with Crippen LogP contribution in [-0.2, 0) is 136 Å². The van der Waals surface area contributed by atoms with Crippen molar-refractivity contribution in [2.45, 2.75) is 6.04 Å². The Bertz CT molecular complexity index is 598. The minimum atomic E-state index is -0.740. The first kappa shape index (κ1) is 30.5. The predicted molar refractivity (Wildman–Crippen MR) is 74.8 cm³/mol. The second kappa shape index (κ2) is 16.9. The zero-order valence-corrected chi connectivity index (χ0v) is 24.7. The molecule has 2 amide bonds. The molecular weight excluding hydrogens is 608 g/mol. The average molecular weight is 622 g/mol. The molecule has 0 heterocycles. The van der Waals surface area contributed by atoms with Crippen LogP contribution in [0.3, 0.4) is 0 Å². The van der Waals surface area contributed by atoms with Crippen molar-refractivity contribution in [2.75, 3.05) is 7.05 Å². The van der Waals surface area contributed by atoms with Crippen molar-refractivity contribution >= 4 is 11.8 Å². The monoisotopic (exact) mass is 622 g/mol. The van der Waals surface area contributed by atoms with Gasteiger partial charge in [0.25, 0.3) is 0 Å². The molecule has 0 aromatic heterocycles. The molecule has 0 spiro atoms. The summed E-state index contributed by atoms with van der Waals surface area (Å²) in [5, 5.41) is 5.25. The molecule has 8 heteroatoms. The Balaban J connectivity index is -0.00000110. The Hall–Kier alpha value is 1.80. The Labute approximate surface area is 243 Å². The molecule has 4 nitrogen and oxygen atoms in total. The summed E-state index contributed by atoms with van der Waals surface area (Å²) in [4.78, 5) is 24.1. The molecule has 2 rings (SSSR count). The summed E-state index contributed by atoms with van der Waals surface area (Å²) < 4.78 is 0. The quantitative estimate of drug-likeness (QED) is 0.509. The van der Waals surface area contributed by atoms with Gasteiger partial charge < -0.3 is 15.4 Å². The number of likely N-dealkylation sites (N-methyl/N-ethyl adjacent to an activating group) is 1. The van der Waals surface area contributed by atoms with Crippen molar-refractivity contribution in [3.63, 3.8) is 0 Å². The van der Waals surface area contributed by atoms with Crippen LogP contribution in [0.1, 0.15) is 22.0 Å². The Kier molecular flexibility index (Phi) is 21.5. The molecule has 1 unspecified atom stereocenters. The van der Waals surface area contributed by atoms with Crippen LogP contribution in [0.25, 0.3) is 0 Å². The summed E-state index contributed by atoms with van der Waals surface area (Å²) >= 11 is 0. The van der Waals surface area contributed by atoms with Gasteiger partial charge in [-0.1, -0.05) is 5.56 Å². The number of amides is 2. The van der Waals surface area contributed by atoms with Crippen LogP contribution in [0.5, 0.6) is 0 Å². The molecule has 1 atom stereocenters. The van der Waals surface area contributed by atoms with Crippen LogP contribution >= 0.6 is 0 Å². The van der Waals surface area contributed by atoms with Crippen molar-refractivity contribution in [1.29, 1.82) is 0 Å². The third-order valence-electron chi connectivity index (χ3n) is 2.82. The average Bonchev–Trinajstić information content (AvgIpc) is 2.53. The van der Waals surface area contributed by atoms with Crippen molar-refractivity contribution < 1.29 is 140 Å². The van der Waals surface area contributed by atoms with Gasteiger partial charge in [0.05, 0.1) is 0 Å². The zero-order chi connectivity index (χ0) is 14.4. The fourth-order valence-corrected chi connectivity index (χ4v) is 1.78. The fraction of sp³-hybridized carbons (Fsp3) is 0.125. The van der Waals surface area contributed by atoms with E-state index in [0.29, 0.717) is 11.1 Å². The minimum Gasteiger partial charge on any atom is -0.379 e. The molecule has 0 aliphatic heterocycles. The smallest absolute Gasteiger partial charge is 0.244 e. The third-order valence-corrected chi connectivity index (χ3v) is 2.82. The van der Waals surface area contributed by atoms with Gasteiger partial charge in [0, 0.05) is 138 Å². The van der Waals surface area contributed by atoms with Gasteiger partial charge in [0.1, 0.15) is 6.04 Å². The number of hydrogen-bond donors (Lipinski definition) is 2. The van der Waals surface area contributed by atoms with E-state index >= 15 is 0 Å². The molecular formula is C16H14N2O2Y4-2. The molecule has 0 aliphatic rings. The van der Waals surface area contributed by atoms with Crippen molar-refractivity contribution in [2.24, 2.45) is 0 Å². The van der Waals surface area contributed by atoms with Crippen LogP contribution in [0.15, 0.2) is 48.5 Å². The van der Waals surface area contributed by atoms with Gasteiger partial charge in [-0.25, -0.2) is 0 Å². The van der Waals surface area contributed by atoms with Gasteiger partial charge in [0.15, 0.2) is 5.91 Å². The van der Waals surface area contributed by atoms with E-state index in [-0.39, 0.29) is 143 Å². The van der Waals surface area contributed by atoms with Gasteiger partial charge in [-0.05, 0) is 0 Å². The molecule has 0 bridgehead atoms. The summed E-state index contributed by atoms with van der Waals surface area (Å²) in [6, 6.07) is 18.7. The first-order valence-corrected chi connectivity index (χ1v) is 6.17. The van der Waals surface area contributed by atoms with Crippen LogP contribution in [0, 0.1) is 12.1 Å². The molecule has 4 radical (unpaired) electrons. The van der Waals surface area contributed by atoms with Crippen LogP contribution < -0.4 is 10.6 Å². The summed E-state index contributed by atoms with van der Waals surface area (Å²) in [5.41, 5.74) is 1.09. The van der Waals surface area contributed by atoms with E-state index in [1.807, 2.05) is 0 Å². The van der Waals surface area contributed by atoms with E-state index in [1.165, 1.54) is 7.05 Å². The Morgan fingerprint density at radius 1 is 0.958 bits per heavy atom. The summed E-state index contributed by atoms with van der Waals surface area (Å²) in [6.45, 7) is 0. The first-order chi connectivity index (χ1) is 9.72. The second-order valence-corrected chi connectivity index (χ2v) is 4.13. The topological polar surface area (TPSA) is 58.2 Å². The minimum absolute atomic E-state index is 0. The van der Waals surface area contributed by atoms with Gasteiger partial charge in [0.2, 0.25) is 5.91 Å². The number of rotatable bonds is 4. The predicted octanol–water partition coefficient (Wildman–Crippen LogP) is 1.49. The Morgan fingerprint density at radius 2 is 1.58 bits per heavy atom. The maximum atomic E-state index is 12.1. The molecule has 2 aromatic rings. The van der Waals surface area contributed by atoms with Gasteiger partial charge >= 0.3 is 0 Å². The second-order valence-electron chi connectivity index (χ2n) is 4.13. The SMILES string of the molecule is CNC(=O)C(NC(=O)c1[c-]cccc1)c1cc[c-]cc1.[Y].[Y].[Y].[Y]. The van der Waals surface area contributed by atoms with Crippen molar-refractivity contribution in [3.8, 4) is 0 Å². The van der Waals surface area contributed by atoms with Crippen molar-refractivity contribution in [3.05, 3.63) is 71.8 Å². The number of benzene rings is 2. The van der Waals surface area contributed by atoms with E-state index in [4.69, 9.17) is 0 Å². The number of carbonyl (C=O) groups excluding carboxylic acids is 2. The molecule has 2 aromatic carbocycles. The molecule has 0 saturated carbocycles. The first-order valence-electron chi connectivity index (χ1n) is 6.17. The third kappa shape index (κ3) is 9.65. The molecule has 0 saturated heterocycles. The number of carbonyl (C=O) groups is 2. The fourth-order valence-electron chi connectivity index (χ4n) is 1.78. The molecule has 0 aliphatic carbocycles. The molecule has 2 N–H and O–H groups in total. The zero-order valence-electron chi connectivity index (χ0n) is 13.3. The van der Waals surface area contributed by atoms with E-state index < -0.39 is 6.04 Å². The van der Waals surface area contributed by atoms with Crippen LogP contribution in [0.2, 0.25) is 0 Å². The number of nitrogens with one attached hydrogen (secondary N) is 2. The summed E-state index contributed by atoms with van der Waals surface area (Å²) in [7, 11) is 1.53. The van der Waals surface area contributed by atoms with E-state index in [9.17, 15) is 9.59 Å². The van der Waals surface area contributed by atoms with Crippen LogP contribution in [-0.4, -0.2) is 18.9 Å². The van der Waals surface area contributed by atoms with Crippen molar-refractivity contribution in [1.82, 2.24) is 10.6 Å². The van der Waals surface area contributed by atoms with Crippen LogP contribution in [0.4, 0.5) is 0 Å². The molecule has 0 fully saturated rings. The number of hydrogen-bond acceptors (Lipinski definition) is 2. The normalized spacial score (nSPS) is 9.54. The standard InChI is InChI=1S/C16H14N2O2.4Y/c1-17-16(20)14(12-8-4-2-5-9-12)18-15(19)13-10-6-3-7-11-13;;;;/h3-10,14H,1H3,(H,17,20)(H,18,19);;;;/q-2;;;;. The molecule has 114 valence electrons. The summed E-state index contributed by atoms with van der Waals surface area (Å²) in [6.07, 6.45) is 0.